The molecule has 2 N–H and O–H groups in total. The molecule has 7 unspecified atom stereocenters. The van der Waals surface area contributed by atoms with Crippen LogP contribution in [0.15, 0.2) is 0 Å². The second-order valence-electron chi connectivity index (χ2n) is 10.1. The molecule has 3 nitrogen and oxygen atoms in total. The van der Waals surface area contributed by atoms with Crippen molar-refractivity contribution in [2.45, 2.75) is 91.1 Å². The van der Waals surface area contributed by atoms with E-state index in [4.69, 9.17) is 4.74 Å². The number of hydrogen-bond donors (Lipinski definition) is 2. The van der Waals surface area contributed by atoms with E-state index in [0.29, 0.717) is 30.1 Å². The van der Waals surface area contributed by atoms with Crippen molar-refractivity contribution in [1.82, 2.24) is 0 Å². The molecule has 0 spiro atoms. The van der Waals surface area contributed by atoms with Gasteiger partial charge in [-0.3, -0.25) is 0 Å². The fourth-order valence-corrected chi connectivity index (χ4v) is 6.06. The standard InChI is InChI=1S/C20H36O3/c1-12(2)8-19(6,13(3)4)17(21)23-18(5)9-14-7-15-10-20(22,11-18)16(14)15/h12-17,21-22H,7-11H2,1-6H3. The third-order valence-corrected chi connectivity index (χ3v) is 7.36. The van der Waals surface area contributed by atoms with Crippen LogP contribution in [0, 0.1) is 35.0 Å². The van der Waals surface area contributed by atoms with Crippen LogP contribution in [0.3, 0.4) is 0 Å². The van der Waals surface area contributed by atoms with Crippen LogP contribution in [0.2, 0.25) is 0 Å². The minimum atomic E-state index is -0.772. The summed E-state index contributed by atoms with van der Waals surface area (Å²) in [5.74, 6) is 2.75. The first-order chi connectivity index (χ1) is 10.5. The SMILES string of the molecule is CC(C)CC(C)(C(C)C)C(O)OC1(C)CC2CC3CC(O)(C1)C23. The quantitative estimate of drug-likeness (QED) is 0.727. The Morgan fingerprint density at radius 2 is 1.78 bits per heavy atom. The maximum Gasteiger partial charge on any atom is 0.160 e. The van der Waals surface area contributed by atoms with Gasteiger partial charge in [-0.2, -0.15) is 0 Å². The van der Waals surface area contributed by atoms with E-state index in [1.54, 1.807) is 0 Å². The molecule has 0 aromatic rings. The molecule has 0 radical (unpaired) electrons. The van der Waals surface area contributed by atoms with Crippen molar-refractivity contribution in [2.75, 3.05) is 0 Å². The average molecular weight is 325 g/mol. The Kier molecular flexibility index (Phi) is 4.18. The Morgan fingerprint density at radius 3 is 2.26 bits per heavy atom. The van der Waals surface area contributed by atoms with Crippen molar-refractivity contribution in [3.63, 3.8) is 0 Å². The Hall–Kier alpha value is -0.120. The minimum absolute atomic E-state index is 0.252. The maximum atomic E-state index is 11.0. The van der Waals surface area contributed by atoms with Gasteiger partial charge in [-0.1, -0.05) is 34.6 Å². The third-order valence-electron chi connectivity index (χ3n) is 7.36. The van der Waals surface area contributed by atoms with Gasteiger partial charge in [0.05, 0.1) is 11.2 Å². The molecule has 3 heteroatoms. The predicted octanol–water partition coefficient (Wildman–Crippen LogP) is 3.97. The van der Waals surface area contributed by atoms with Crippen molar-refractivity contribution in [3.05, 3.63) is 0 Å². The van der Waals surface area contributed by atoms with Gasteiger partial charge in [-0.25, -0.2) is 0 Å². The molecule has 3 aliphatic rings. The second-order valence-corrected chi connectivity index (χ2v) is 10.1. The molecule has 0 aromatic heterocycles. The minimum Gasteiger partial charge on any atom is -0.389 e. The molecule has 0 saturated heterocycles. The highest BCUT2D eigenvalue weighted by Gasteiger charge is 2.68. The molecule has 0 amide bonds. The van der Waals surface area contributed by atoms with Crippen molar-refractivity contribution in [3.8, 4) is 0 Å². The molecule has 134 valence electrons. The molecule has 0 aliphatic heterocycles. The summed E-state index contributed by atoms with van der Waals surface area (Å²) < 4.78 is 6.31. The monoisotopic (exact) mass is 324 g/mol. The lowest BCUT2D eigenvalue weighted by Crippen LogP contribution is -2.70. The summed E-state index contributed by atoms with van der Waals surface area (Å²) in [5.41, 5.74) is -1.17. The number of aliphatic hydroxyl groups is 2. The lowest BCUT2D eigenvalue weighted by Gasteiger charge is -2.69. The number of ether oxygens (including phenoxy) is 1. The molecule has 0 bridgehead atoms. The van der Waals surface area contributed by atoms with Crippen LogP contribution in [-0.2, 0) is 4.74 Å². The van der Waals surface area contributed by atoms with E-state index >= 15 is 0 Å². The first kappa shape index (κ1) is 17.7. The molecule has 0 aromatic carbocycles. The zero-order valence-electron chi connectivity index (χ0n) is 15.8. The van der Waals surface area contributed by atoms with Gasteiger partial charge in [0.1, 0.15) is 0 Å². The van der Waals surface area contributed by atoms with Crippen molar-refractivity contribution in [1.29, 1.82) is 0 Å². The van der Waals surface area contributed by atoms with Crippen molar-refractivity contribution < 1.29 is 14.9 Å². The van der Waals surface area contributed by atoms with Gasteiger partial charge in [0.2, 0.25) is 0 Å². The third kappa shape index (κ3) is 2.77. The Labute approximate surface area is 141 Å². The van der Waals surface area contributed by atoms with Gasteiger partial charge in [0.25, 0.3) is 0 Å². The van der Waals surface area contributed by atoms with E-state index in [1.807, 2.05) is 0 Å². The van der Waals surface area contributed by atoms with Gasteiger partial charge >= 0.3 is 0 Å². The Morgan fingerprint density at radius 1 is 1.17 bits per heavy atom. The highest BCUT2D eigenvalue weighted by Crippen LogP contribution is 2.67. The number of rotatable bonds is 6. The molecule has 7 atom stereocenters. The van der Waals surface area contributed by atoms with Crippen LogP contribution in [0.4, 0.5) is 0 Å². The van der Waals surface area contributed by atoms with Crippen LogP contribution in [0.1, 0.15) is 73.6 Å². The molecule has 23 heavy (non-hydrogen) atoms. The molecular formula is C20H36O3. The van der Waals surface area contributed by atoms with E-state index in [0.717, 1.165) is 25.2 Å². The van der Waals surface area contributed by atoms with Gasteiger partial charge in [-0.05, 0) is 62.2 Å². The van der Waals surface area contributed by atoms with Gasteiger partial charge in [0.15, 0.2) is 6.29 Å². The average Bonchev–Trinajstić information content (AvgIpc) is 2.32. The summed E-state index contributed by atoms with van der Waals surface area (Å²) >= 11 is 0. The molecule has 3 saturated carbocycles. The van der Waals surface area contributed by atoms with E-state index in [1.165, 1.54) is 6.42 Å². The van der Waals surface area contributed by atoms with Crippen LogP contribution in [0.25, 0.3) is 0 Å². The Bertz CT molecular complexity index is 462. The van der Waals surface area contributed by atoms with Gasteiger partial charge < -0.3 is 14.9 Å². The summed E-state index contributed by atoms with van der Waals surface area (Å²) in [6, 6.07) is 0. The van der Waals surface area contributed by atoms with E-state index in [-0.39, 0.29) is 5.41 Å². The summed E-state index contributed by atoms with van der Waals surface area (Å²) in [4.78, 5) is 0. The fourth-order valence-electron chi connectivity index (χ4n) is 6.06. The number of aliphatic hydroxyl groups excluding tert-OH is 1. The highest BCUT2D eigenvalue weighted by atomic mass is 16.6. The summed E-state index contributed by atoms with van der Waals surface area (Å²) in [6.07, 6.45) is 4.03. The normalized spacial score (nSPS) is 45.9. The van der Waals surface area contributed by atoms with E-state index in [2.05, 4.69) is 41.5 Å². The first-order valence-electron chi connectivity index (χ1n) is 9.57. The smallest absolute Gasteiger partial charge is 0.160 e. The Balaban J connectivity index is 1.71. The van der Waals surface area contributed by atoms with E-state index < -0.39 is 17.5 Å². The molecular weight excluding hydrogens is 288 g/mol. The van der Waals surface area contributed by atoms with Crippen LogP contribution < -0.4 is 0 Å². The lowest BCUT2D eigenvalue weighted by molar-refractivity contribution is -0.322. The maximum absolute atomic E-state index is 11.0. The predicted molar refractivity (Wildman–Crippen MR) is 91.8 cm³/mol. The number of hydrogen-bond acceptors (Lipinski definition) is 3. The van der Waals surface area contributed by atoms with Crippen LogP contribution >= 0.6 is 0 Å². The summed E-state index contributed by atoms with van der Waals surface area (Å²) in [7, 11) is 0. The van der Waals surface area contributed by atoms with Crippen molar-refractivity contribution in [2.24, 2.45) is 35.0 Å². The van der Waals surface area contributed by atoms with Gasteiger partial charge in [-0.15, -0.1) is 0 Å². The highest BCUT2D eigenvalue weighted by molar-refractivity contribution is 5.18. The molecule has 3 rings (SSSR count). The molecule has 3 aliphatic carbocycles. The molecule has 3 fully saturated rings. The largest absolute Gasteiger partial charge is 0.389 e. The lowest BCUT2D eigenvalue weighted by atomic mass is 9.39. The summed E-state index contributed by atoms with van der Waals surface area (Å²) in [5, 5.41) is 21.8. The zero-order valence-corrected chi connectivity index (χ0v) is 15.8. The second kappa shape index (κ2) is 5.44. The van der Waals surface area contributed by atoms with E-state index in [9.17, 15) is 10.2 Å². The zero-order chi connectivity index (χ0) is 17.2. The summed E-state index contributed by atoms with van der Waals surface area (Å²) in [6.45, 7) is 13.0. The topological polar surface area (TPSA) is 49.7 Å². The molecule has 0 heterocycles. The first-order valence-corrected chi connectivity index (χ1v) is 9.57. The van der Waals surface area contributed by atoms with Gasteiger partial charge in [0, 0.05) is 11.8 Å². The van der Waals surface area contributed by atoms with Crippen LogP contribution in [0.5, 0.6) is 0 Å². The van der Waals surface area contributed by atoms with Crippen molar-refractivity contribution >= 4 is 0 Å². The fraction of sp³-hybridized carbons (Fsp3) is 1.00. The van der Waals surface area contributed by atoms with Crippen LogP contribution in [-0.4, -0.2) is 27.7 Å².